The van der Waals surface area contributed by atoms with Gasteiger partial charge in [0.2, 0.25) is 0 Å². The van der Waals surface area contributed by atoms with Crippen LogP contribution in [0.1, 0.15) is 45.8 Å². The van der Waals surface area contributed by atoms with E-state index in [1.807, 2.05) is 0 Å². The second-order valence-corrected chi connectivity index (χ2v) is 11.1. The van der Waals surface area contributed by atoms with Crippen molar-refractivity contribution in [2.45, 2.75) is 32.9 Å². The van der Waals surface area contributed by atoms with Crippen LogP contribution < -0.4 is 9.47 Å². The Hall–Kier alpha value is -4.59. The lowest BCUT2D eigenvalue weighted by atomic mass is 9.93. The van der Waals surface area contributed by atoms with Gasteiger partial charge in [0.05, 0.1) is 30.1 Å². The largest absolute Gasteiger partial charge is 0.496 e. The molecule has 1 N–H and O–H groups in total. The number of halogens is 2. The Balaban J connectivity index is 1.81. The van der Waals surface area contributed by atoms with Gasteiger partial charge in [0, 0.05) is 57.8 Å². The van der Waals surface area contributed by atoms with Crippen molar-refractivity contribution in [2.24, 2.45) is 0 Å². The number of hydrogen-bond donors (Lipinski definition) is 1. The first-order valence-electron chi connectivity index (χ1n) is 12.7. The molecule has 0 aliphatic carbocycles. The zero-order valence-corrected chi connectivity index (χ0v) is 24.8. The van der Waals surface area contributed by atoms with Crippen molar-refractivity contribution in [1.29, 1.82) is 5.26 Å². The molecule has 214 valence electrons. The third kappa shape index (κ3) is 4.81. The Labute approximate surface area is 251 Å². The summed E-state index contributed by atoms with van der Waals surface area (Å²) in [6.07, 6.45) is 2.86. The zero-order chi connectivity index (χ0) is 30.5. The minimum atomic E-state index is -1.11. The third-order valence-corrected chi connectivity index (χ3v) is 7.80. The quantitative estimate of drug-likeness (QED) is 0.275. The number of carbonyl (C=O) groups excluding carboxylic acids is 1. The number of amides is 1. The molecule has 0 bridgehead atoms. The first-order valence-corrected chi connectivity index (χ1v) is 13.4. The molecule has 0 saturated carbocycles. The number of methoxy groups -OCH3 is 1. The molecule has 3 heterocycles. The minimum Gasteiger partial charge on any atom is -0.496 e. The number of ether oxygens (including phenoxy) is 2. The van der Waals surface area contributed by atoms with Gasteiger partial charge in [0.1, 0.15) is 23.6 Å². The fourth-order valence-electron chi connectivity index (χ4n) is 4.78. The summed E-state index contributed by atoms with van der Waals surface area (Å²) in [6, 6.07) is 10.6. The molecule has 0 radical (unpaired) electrons. The predicted octanol–water partition coefficient (Wildman–Crippen LogP) is 6.19. The van der Waals surface area contributed by atoms with E-state index in [4.69, 9.17) is 37.8 Å². The summed E-state index contributed by atoms with van der Waals surface area (Å²) in [6.45, 7) is 4.98. The Kier molecular flexibility index (Phi) is 7.35. The second-order valence-electron chi connectivity index (χ2n) is 10.3. The SMILES string of the molecule is COc1cc2c(cc1-c1cncc(C(=O)O)c1C)-c1c(c(C(=O)N(C)C(C)(C)C#N)nn1-c1cc(Cl)cc(Cl)c1)CO2. The first kappa shape index (κ1) is 28.9. The number of aromatic carboxylic acids is 1. The number of carboxylic acids is 1. The number of aromatic nitrogens is 3. The predicted molar refractivity (Wildman–Crippen MR) is 157 cm³/mol. The molecule has 42 heavy (non-hydrogen) atoms. The Morgan fingerprint density at radius 3 is 2.43 bits per heavy atom. The van der Waals surface area contributed by atoms with E-state index in [1.165, 1.54) is 18.2 Å². The van der Waals surface area contributed by atoms with E-state index in [2.05, 4.69) is 11.1 Å². The van der Waals surface area contributed by atoms with Gasteiger partial charge in [-0.3, -0.25) is 9.78 Å². The average molecular weight is 606 g/mol. The molecule has 5 rings (SSSR count). The van der Waals surface area contributed by atoms with E-state index < -0.39 is 17.4 Å². The molecular formula is C30H25Cl2N5O5. The van der Waals surface area contributed by atoms with Gasteiger partial charge in [0.25, 0.3) is 5.91 Å². The number of hydrogen-bond acceptors (Lipinski definition) is 7. The smallest absolute Gasteiger partial charge is 0.337 e. The number of carboxylic acid groups (broad SMARTS) is 1. The lowest BCUT2D eigenvalue weighted by Gasteiger charge is -2.29. The van der Waals surface area contributed by atoms with Crippen molar-refractivity contribution < 1.29 is 24.2 Å². The monoisotopic (exact) mass is 605 g/mol. The first-order chi connectivity index (χ1) is 19.9. The Bertz CT molecular complexity index is 1810. The molecule has 1 aliphatic rings. The van der Waals surface area contributed by atoms with Crippen LogP contribution in [0.15, 0.2) is 42.7 Å². The van der Waals surface area contributed by atoms with Crippen LogP contribution in [0.5, 0.6) is 11.5 Å². The van der Waals surface area contributed by atoms with Crippen LogP contribution in [0.3, 0.4) is 0 Å². The van der Waals surface area contributed by atoms with E-state index in [0.717, 1.165) is 0 Å². The Morgan fingerprint density at radius 2 is 1.81 bits per heavy atom. The lowest BCUT2D eigenvalue weighted by Crippen LogP contribution is -2.44. The minimum absolute atomic E-state index is 0.0100. The van der Waals surface area contributed by atoms with E-state index >= 15 is 0 Å². The topological polar surface area (TPSA) is 131 Å². The van der Waals surface area contributed by atoms with Crippen LogP contribution in [0.2, 0.25) is 10.0 Å². The van der Waals surface area contributed by atoms with Gasteiger partial charge in [-0.2, -0.15) is 10.4 Å². The van der Waals surface area contributed by atoms with Crippen LogP contribution in [-0.2, 0) is 6.61 Å². The second kappa shape index (κ2) is 10.7. The van der Waals surface area contributed by atoms with Crippen LogP contribution in [-0.4, -0.2) is 56.3 Å². The van der Waals surface area contributed by atoms with Gasteiger partial charge in [0.15, 0.2) is 5.69 Å². The Morgan fingerprint density at radius 1 is 1.12 bits per heavy atom. The van der Waals surface area contributed by atoms with E-state index in [0.29, 0.717) is 60.7 Å². The molecule has 0 fully saturated rings. The highest BCUT2D eigenvalue weighted by Gasteiger charge is 2.36. The average Bonchev–Trinajstić information content (AvgIpc) is 3.35. The number of nitriles is 1. The fraction of sp³-hybridized carbons (Fsp3) is 0.233. The van der Waals surface area contributed by atoms with E-state index in [1.54, 1.807) is 69.0 Å². The molecule has 12 heteroatoms. The maximum Gasteiger partial charge on any atom is 0.337 e. The molecule has 2 aromatic heterocycles. The normalized spacial score (nSPS) is 12.0. The van der Waals surface area contributed by atoms with Crippen LogP contribution in [0.25, 0.3) is 28.1 Å². The van der Waals surface area contributed by atoms with Crippen molar-refractivity contribution in [3.05, 3.63) is 75.2 Å². The number of benzene rings is 2. The van der Waals surface area contributed by atoms with Crippen molar-refractivity contribution >= 4 is 35.1 Å². The molecule has 2 aromatic carbocycles. The number of carbonyl (C=O) groups is 2. The van der Waals surface area contributed by atoms with Crippen LogP contribution in [0, 0.1) is 18.3 Å². The van der Waals surface area contributed by atoms with E-state index in [-0.39, 0.29) is 17.9 Å². The molecule has 0 spiro atoms. The highest BCUT2D eigenvalue weighted by Crippen LogP contribution is 2.47. The summed E-state index contributed by atoms with van der Waals surface area (Å²) >= 11 is 12.7. The maximum absolute atomic E-state index is 13.8. The fourth-order valence-corrected chi connectivity index (χ4v) is 5.29. The van der Waals surface area contributed by atoms with Gasteiger partial charge in [-0.25, -0.2) is 9.48 Å². The summed E-state index contributed by atoms with van der Waals surface area (Å²) in [4.78, 5) is 31.1. The molecule has 0 unspecified atom stereocenters. The highest BCUT2D eigenvalue weighted by molar-refractivity contribution is 6.34. The molecule has 4 aromatic rings. The lowest BCUT2D eigenvalue weighted by molar-refractivity contribution is 0.0682. The third-order valence-electron chi connectivity index (χ3n) is 7.36. The standard InChI is InChI=1S/C30H25Cl2N5O5/c1-15-21(11-34-12-22(15)29(39)40)19-9-20-25(10-24(19)41-5)42-13-23-26(28(38)36(4)30(2,3)14-33)35-37(27(20)23)18-7-16(31)6-17(32)8-18/h6-12H,13H2,1-5H3,(H,39,40). The molecule has 1 aliphatic heterocycles. The molecular weight excluding hydrogens is 581 g/mol. The zero-order valence-electron chi connectivity index (χ0n) is 23.3. The molecule has 1 amide bonds. The summed E-state index contributed by atoms with van der Waals surface area (Å²) in [7, 11) is 3.05. The van der Waals surface area contributed by atoms with Crippen molar-refractivity contribution in [1.82, 2.24) is 19.7 Å². The van der Waals surface area contributed by atoms with Gasteiger partial charge in [-0.15, -0.1) is 0 Å². The van der Waals surface area contributed by atoms with Crippen molar-refractivity contribution in [3.63, 3.8) is 0 Å². The maximum atomic E-state index is 13.8. The van der Waals surface area contributed by atoms with Crippen molar-refractivity contribution in [3.8, 4) is 45.6 Å². The number of pyridine rings is 1. The van der Waals surface area contributed by atoms with Gasteiger partial charge < -0.3 is 19.5 Å². The number of fused-ring (bicyclic) bond motifs is 3. The molecule has 0 saturated heterocycles. The molecule has 10 nitrogen and oxygen atoms in total. The van der Waals surface area contributed by atoms with Crippen molar-refractivity contribution in [2.75, 3.05) is 14.2 Å². The van der Waals surface area contributed by atoms with Gasteiger partial charge >= 0.3 is 5.97 Å². The number of nitrogens with zero attached hydrogens (tertiary/aromatic N) is 5. The number of rotatable bonds is 6. The summed E-state index contributed by atoms with van der Waals surface area (Å²) in [5.74, 6) is -0.678. The summed E-state index contributed by atoms with van der Waals surface area (Å²) in [5, 5.41) is 24.8. The van der Waals surface area contributed by atoms with Gasteiger partial charge in [-0.1, -0.05) is 23.2 Å². The van der Waals surface area contributed by atoms with E-state index in [9.17, 15) is 20.0 Å². The van der Waals surface area contributed by atoms with Crippen LogP contribution >= 0.6 is 23.2 Å². The highest BCUT2D eigenvalue weighted by atomic mass is 35.5. The summed E-state index contributed by atoms with van der Waals surface area (Å²) in [5.41, 5.74) is 2.76. The molecule has 0 atom stereocenters. The summed E-state index contributed by atoms with van der Waals surface area (Å²) < 4.78 is 13.4. The van der Waals surface area contributed by atoms with Gasteiger partial charge in [-0.05, 0) is 50.6 Å². The van der Waals surface area contributed by atoms with Crippen LogP contribution in [0.4, 0.5) is 0 Å².